The van der Waals surface area contributed by atoms with E-state index in [9.17, 15) is 18.0 Å². The summed E-state index contributed by atoms with van der Waals surface area (Å²) in [5.41, 5.74) is 0. The van der Waals surface area contributed by atoms with Gasteiger partial charge in [0.15, 0.2) is 17.6 Å². The Balaban J connectivity index is 1.50. The van der Waals surface area contributed by atoms with Crippen LogP contribution in [0.2, 0.25) is 0 Å². The summed E-state index contributed by atoms with van der Waals surface area (Å²) < 4.78 is 43.8. The van der Waals surface area contributed by atoms with Crippen LogP contribution in [0.1, 0.15) is 52.9 Å². The zero-order valence-electron chi connectivity index (χ0n) is 18.8. The van der Waals surface area contributed by atoms with Crippen LogP contribution in [0.3, 0.4) is 0 Å². The van der Waals surface area contributed by atoms with Gasteiger partial charge in [-0.05, 0) is 52.2 Å². The number of ether oxygens (including phenoxy) is 3. The van der Waals surface area contributed by atoms with Crippen molar-refractivity contribution < 1.29 is 32.2 Å². The minimum absolute atomic E-state index is 0.0201. The molecular formula is C22H32N2O7S. The lowest BCUT2D eigenvalue weighted by Gasteiger charge is -2.40. The molecule has 1 saturated heterocycles. The number of nitrogens with one attached hydrogen (secondary N) is 1. The highest BCUT2D eigenvalue weighted by molar-refractivity contribution is 7.89. The molecule has 0 radical (unpaired) electrons. The van der Waals surface area contributed by atoms with Crippen LogP contribution in [0.15, 0.2) is 23.1 Å². The Hall–Kier alpha value is -2.33. The van der Waals surface area contributed by atoms with E-state index in [4.69, 9.17) is 14.2 Å². The molecule has 0 bridgehead atoms. The molecule has 3 atom stereocenters. The van der Waals surface area contributed by atoms with Crippen LogP contribution in [0.25, 0.3) is 0 Å². The van der Waals surface area contributed by atoms with Gasteiger partial charge >= 0.3 is 5.97 Å². The summed E-state index contributed by atoms with van der Waals surface area (Å²) in [5, 5.41) is 0. The molecule has 2 heterocycles. The molecule has 0 saturated carbocycles. The molecule has 1 aromatic carbocycles. The van der Waals surface area contributed by atoms with E-state index in [1.54, 1.807) is 17.9 Å². The maximum atomic E-state index is 12.7. The topological polar surface area (TPSA) is 111 Å². The van der Waals surface area contributed by atoms with Gasteiger partial charge in [-0.1, -0.05) is 0 Å². The lowest BCUT2D eigenvalue weighted by Crippen LogP contribution is -2.51. The number of carbonyl (C=O) groups is 2. The first kappa shape index (κ1) is 24.3. The standard InChI is InChI=1S/C22H32N2O7S/c1-15-6-4-7-16(2)24(15)22(26)17(3)31-21(25)10-11-23-32(27,28)18-8-9-19-20(14-18)30-13-5-12-29-19/h8-9,14-17,23H,4-7,10-13H2,1-3H3. The van der Waals surface area contributed by atoms with E-state index in [0.717, 1.165) is 19.3 Å². The molecule has 10 heteroatoms. The molecule has 2 aliphatic heterocycles. The number of carbonyl (C=O) groups excluding carboxylic acids is 2. The predicted molar refractivity (Wildman–Crippen MR) is 117 cm³/mol. The molecule has 1 aromatic rings. The van der Waals surface area contributed by atoms with Gasteiger partial charge in [0.1, 0.15) is 0 Å². The van der Waals surface area contributed by atoms with Crippen molar-refractivity contribution >= 4 is 21.9 Å². The third-order valence-electron chi connectivity index (χ3n) is 5.75. The second kappa shape index (κ2) is 10.5. The molecule has 1 N–H and O–H groups in total. The van der Waals surface area contributed by atoms with Gasteiger partial charge in [-0.2, -0.15) is 0 Å². The van der Waals surface area contributed by atoms with Crippen LogP contribution in [-0.4, -0.2) is 63.1 Å². The largest absolute Gasteiger partial charge is 0.490 e. The summed E-state index contributed by atoms with van der Waals surface area (Å²) in [4.78, 5) is 26.7. The second-order valence-electron chi connectivity index (χ2n) is 8.31. The van der Waals surface area contributed by atoms with Crippen LogP contribution in [-0.2, 0) is 24.3 Å². The van der Waals surface area contributed by atoms with E-state index in [1.807, 2.05) is 13.8 Å². The summed E-state index contributed by atoms with van der Waals surface area (Å²) in [6.07, 6.45) is 2.55. The molecule has 0 aromatic heterocycles. The number of benzene rings is 1. The van der Waals surface area contributed by atoms with Crippen LogP contribution in [0.5, 0.6) is 11.5 Å². The van der Waals surface area contributed by atoms with E-state index >= 15 is 0 Å². The Kier molecular flexibility index (Phi) is 8.00. The SMILES string of the molecule is CC(OC(=O)CCNS(=O)(=O)c1ccc2c(c1)OCCCO2)C(=O)N1C(C)CCCC1C. The molecule has 32 heavy (non-hydrogen) atoms. The molecule has 1 fully saturated rings. The van der Waals surface area contributed by atoms with Crippen molar-refractivity contribution in [2.45, 2.75) is 76.0 Å². The van der Waals surface area contributed by atoms with Gasteiger partial charge in [-0.25, -0.2) is 13.1 Å². The molecule has 178 valence electrons. The monoisotopic (exact) mass is 468 g/mol. The summed E-state index contributed by atoms with van der Waals surface area (Å²) in [7, 11) is -3.85. The highest BCUT2D eigenvalue weighted by Gasteiger charge is 2.33. The molecule has 0 aliphatic carbocycles. The number of fused-ring (bicyclic) bond motifs is 1. The van der Waals surface area contributed by atoms with Crippen molar-refractivity contribution in [1.29, 1.82) is 0 Å². The molecule has 1 amide bonds. The van der Waals surface area contributed by atoms with Gasteiger partial charge in [0, 0.05) is 31.1 Å². The Morgan fingerprint density at radius 2 is 1.78 bits per heavy atom. The van der Waals surface area contributed by atoms with Crippen molar-refractivity contribution in [1.82, 2.24) is 9.62 Å². The van der Waals surface area contributed by atoms with Gasteiger partial charge in [-0.3, -0.25) is 9.59 Å². The number of hydrogen-bond acceptors (Lipinski definition) is 7. The summed E-state index contributed by atoms with van der Waals surface area (Å²) >= 11 is 0. The number of rotatable bonds is 7. The van der Waals surface area contributed by atoms with Gasteiger partial charge in [0.25, 0.3) is 5.91 Å². The number of likely N-dealkylation sites (tertiary alicyclic amines) is 1. The normalized spacial score (nSPS) is 22.0. The Labute approximate surface area is 189 Å². The van der Waals surface area contributed by atoms with E-state index in [2.05, 4.69) is 4.72 Å². The third-order valence-corrected chi connectivity index (χ3v) is 7.21. The molecule has 3 unspecified atom stereocenters. The molecular weight excluding hydrogens is 436 g/mol. The minimum Gasteiger partial charge on any atom is -0.490 e. The minimum atomic E-state index is -3.85. The van der Waals surface area contributed by atoms with Crippen molar-refractivity contribution in [2.24, 2.45) is 0 Å². The van der Waals surface area contributed by atoms with Gasteiger partial charge in [-0.15, -0.1) is 0 Å². The van der Waals surface area contributed by atoms with Crippen LogP contribution < -0.4 is 14.2 Å². The predicted octanol–water partition coefficient (Wildman–Crippen LogP) is 2.24. The maximum Gasteiger partial charge on any atom is 0.307 e. The summed E-state index contributed by atoms with van der Waals surface area (Å²) in [6, 6.07) is 4.60. The van der Waals surface area contributed by atoms with Gasteiger partial charge in [0.2, 0.25) is 10.0 Å². The van der Waals surface area contributed by atoms with Crippen LogP contribution in [0.4, 0.5) is 0 Å². The Morgan fingerprint density at radius 3 is 2.47 bits per heavy atom. The lowest BCUT2D eigenvalue weighted by atomic mass is 9.97. The summed E-state index contributed by atoms with van der Waals surface area (Å²) in [5.74, 6) is 0.0228. The van der Waals surface area contributed by atoms with Gasteiger partial charge in [0.05, 0.1) is 24.5 Å². The Morgan fingerprint density at radius 1 is 1.12 bits per heavy atom. The fourth-order valence-electron chi connectivity index (χ4n) is 4.05. The molecule has 0 spiro atoms. The highest BCUT2D eigenvalue weighted by Crippen LogP contribution is 2.31. The first-order valence-electron chi connectivity index (χ1n) is 11.1. The number of amides is 1. The summed E-state index contributed by atoms with van der Waals surface area (Å²) in [6.45, 7) is 6.36. The zero-order chi connectivity index (χ0) is 23.3. The average Bonchev–Trinajstić information content (AvgIpc) is 2.98. The van der Waals surface area contributed by atoms with Crippen molar-refractivity contribution in [3.8, 4) is 11.5 Å². The molecule has 9 nitrogen and oxygen atoms in total. The van der Waals surface area contributed by atoms with E-state index in [1.165, 1.54) is 12.1 Å². The molecule has 3 rings (SSSR count). The van der Waals surface area contributed by atoms with Crippen LogP contribution >= 0.6 is 0 Å². The first-order valence-corrected chi connectivity index (χ1v) is 12.6. The first-order chi connectivity index (χ1) is 15.2. The second-order valence-corrected chi connectivity index (χ2v) is 10.1. The van der Waals surface area contributed by atoms with Crippen molar-refractivity contribution in [2.75, 3.05) is 19.8 Å². The number of sulfonamides is 1. The zero-order valence-corrected chi connectivity index (χ0v) is 19.7. The fourth-order valence-corrected chi connectivity index (χ4v) is 5.10. The van der Waals surface area contributed by atoms with E-state index < -0.39 is 22.1 Å². The average molecular weight is 469 g/mol. The number of hydrogen-bond donors (Lipinski definition) is 1. The van der Waals surface area contributed by atoms with Crippen molar-refractivity contribution in [3.05, 3.63) is 18.2 Å². The third kappa shape index (κ3) is 5.92. The van der Waals surface area contributed by atoms with E-state index in [-0.39, 0.29) is 35.9 Å². The maximum absolute atomic E-state index is 12.7. The fraction of sp³-hybridized carbons (Fsp3) is 0.636. The lowest BCUT2D eigenvalue weighted by molar-refractivity contribution is -0.162. The van der Waals surface area contributed by atoms with Crippen molar-refractivity contribution in [3.63, 3.8) is 0 Å². The van der Waals surface area contributed by atoms with Gasteiger partial charge < -0.3 is 19.1 Å². The number of esters is 1. The quantitative estimate of drug-likeness (QED) is 0.611. The number of nitrogens with zero attached hydrogens (tertiary/aromatic N) is 1. The molecule has 2 aliphatic rings. The smallest absolute Gasteiger partial charge is 0.307 e. The van der Waals surface area contributed by atoms with E-state index in [0.29, 0.717) is 31.1 Å². The highest BCUT2D eigenvalue weighted by atomic mass is 32.2. The Bertz CT molecular complexity index is 924. The van der Waals surface area contributed by atoms with Crippen LogP contribution in [0, 0.1) is 0 Å². The number of piperidine rings is 1.